The summed E-state index contributed by atoms with van der Waals surface area (Å²) in [6.07, 6.45) is 1.02. The summed E-state index contributed by atoms with van der Waals surface area (Å²) in [4.78, 5) is 60.4. The maximum Gasteiger partial charge on any atom is 0.254 e. The van der Waals surface area contributed by atoms with E-state index in [9.17, 15) is 29.4 Å². The van der Waals surface area contributed by atoms with Crippen LogP contribution < -0.4 is 10.6 Å². The van der Waals surface area contributed by atoms with Crippen molar-refractivity contribution in [2.45, 2.75) is 40.5 Å². The molecular formula is C40H44N4O6. The highest BCUT2D eigenvalue weighted by Gasteiger charge is 2.31. The largest absolute Gasteiger partial charge is 0.507 e. The zero-order chi connectivity index (χ0) is 36.1. The van der Waals surface area contributed by atoms with E-state index in [0.29, 0.717) is 24.1 Å². The molecule has 1 heterocycles. The maximum atomic E-state index is 13.8. The predicted molar refractivity (Wildman–Crippen MR) is 194 cm³/mol. The summed E-state index contributed by atoms with van der Waals surface area (Å²) >= 11 is 0. The van der Waals surface area contributed by atoms with Crippen molar-refractivity contribution < 1.29 is 29.4 Å². The molecule has 0 aliphatic carbocycles. The van der Waals surface area contributed by atoms with Crippen molar-refractivity contribution >= 4 is 34.8 Å². The molecule has 0 aromatic heterocycles. The Morgan fingerprint density at radius 3 is 1.56 bits per heavy atom. The number of carbonyl (C=O) groups excluding carboxylic acids is 4. The average molecular weight is 677 g/mol. The van der Waals surface area contributed by atoms with E-state index in [1.807, 2.05) is 27.7 Å². The molecule has 4 N–H and O–H groups in total. The summed E-state index contributed by atoms with van der Waals surface area (Å²) < 4.78 is 0. The molecule has 0 saturated carbocycles. The van der Waals surface area contributed by atoms with Gasteiger partial charge in [-0.3, -0.25) is 19.2 Å². The molecule has 10 heteroatoms. The highest BCUT2D eigenvalue weighted by molar-refractivity contribution is 6.18. The van der Waals surface area contributed by atoms with Crippen LogP contribution in [0, 0.1) is 0 Å². The Morgan fingerprint density at radius 2 is 1.12 bits per heavy atom. The predicted octanol–water partition coefficient (Wildman–Crippen LogP) is 5.71. The van der Waals surface area contributed by atoms with Gasteiger partial charge in [-0.2, -0.15) is 0 Å². The zero-order valence-corrected chi connectivity index (χ0v) is 29.0. The minimum atomic E-state index is -0.473. The number of rotatable bonds is 11. The molecular weight excluding hydrogens is 632 g/mol. The van der Waals surface area contributed by atoms with Crippen molar-refractivity contribution in [3.8, 4) is 11.5 Å². The third-order valence-corrected chi connectivity index (χ3v) is 9.52. The van der Waals surface area contributed by atoms with Gasteiger partial charge in [0.2, 0.25) is 0 Å². The van der Waals surface area contributed by atoms with Gasteiger partial charge in [-0.25, -0.2) is 0 Å². The molecule has 0 spiro atoms. The third kappa shape index (κ3) is 6.78. The second kappa shape index (κ2) is 15.3. The quantitative estimate of drug-likeness (QED) is 0.135. The van der Waals surface area contributed by atoms with Crippen LogP contribution in [0.4, 0.5) is 11.4 Å². The number of amides is 2. The Morgan fingerprint density at radius 1 is 0.640 bits per heavy atom. The molecule has 50 heavy (non-hydrogen) atoms. The van der Waals surface area contributed by atoms with Gasteiger partial charge >= 0.3 is 0 Å². The number of aryl methyl sites for hydroxylation is 1. The summed E-state index contributed by atoms with van der Waals surface area (Å²) in [5.41, 5.74) is 9.74. The number of phenols is 2. The summed E-state index contributed by atoms with van der Waals surface area (Å²) in [5.74, 6) is -1.98. The molecule has 0 unspecified atom stereocenters. The van der Waals surface area contributed by atoms with Crippen molar-refractivity contribution in [2.75, 3.05) is 49.9 Å². The van der Waals surface area contributed by atoms with Gasteiger partial charge in [0.25, 0.3) is 11.8 Å². The number of phenolic OH excluding ortho intramolecular Hbond substituents is 2. The first-order valence-corrected chi connectivity index (χ1v) is 17.1. The fourth-order valence-electron chi connectivity index (χ4n) is 6.60. The molecule has 4 aromatic carbocycles. The van der Waals surface area contributed by atoms with Gasteiger partial charge in [0.1, 0.15) is 11.5 Å². The van der Waals surface area contributed by atoms with Gasteiger partial charge in [-0.1, -0.05) is 50.2 Å². The highest BCUT2D eigenvalue weighted by Crippen LogP contribution is 2.34. The lowest BCUT2D eigenvalue weighted by Crippen LogP contribution is -2.51. The van der Waals surface area contributed by atoms with Crippen LogP contribution in [0.1, 0.15) is 91.4 Å². The van der Waals surface area contributed by atoms with Gasteiger partial charge in [0, 0.05) is 73.4 Å². The van der Waals surface area contributed by atoms with E-state index in [1.54, 1.807) is 82.6 Å². The summed E-state index contributed by atoms with van der Waals surface area (Å²) in [6, 6.07) is 19.6. The van der Waals surface area contributed by atoms with E-state index in [4.69, 9.17) is 5.73 Å². The molecule has 5 rings (SSSR count). The van der Waals surface area contributed by atoms with E-state index in [2.05, 4.69) is 4.90 Å². The minimum absolute atomic E-state index is 0.102. The van der Waals surface area contributed by atoms with Gasteiger partial charge in [-0.05, 0) is 62.6 Å². The Hall–Kier alpha value is -5.64. The molecule has 2 amide bonds. The Kier molecular flexibility index (Phi) is 10.9. The molecule has 0 radical (unpaired) electrons. The fraction of sp³-hybridized carbons (Fsp3) is 0.300. The van der Waals surface area contributed by atoms with Crippen molar-refractivity contribution in [3.05, 3.63) is 117 Å². The fourth-order valence-corrected chi connectivity index (χ4v) is 6.60. The number of piperazine rings is 1. The number of nitrogens with zero attached hydrogens (tertiary/aromatic N) is 3. The third-order valence-electron chi connectivity index (χ3n) is 9.52. The first-order chi connectivity index (χ1) is 24.1. The van der Waals surface area contributed by atoms with Crippen LogP contribution in [0.25, 0.3) is 0 Å². The van der Waals surface area contributed by atoms with Crippen molar-refractivity contribution in [1.29, 1.82) is 0 Å². The van der Waals surface area contributed by atoms with E-state index in [0.717, 1.165) is 24.3 Å². The van der Waals surface area contributed by atoms with Crippen LogP contribution in [0.3, 0.4) is 0 Å². The lowest BCUT2D eigenvalue weighted by molar-refractivity contribution is 0.0533. The molecule has 1 aliphatic heterocycles. The average Bonchev–Trinajstić information content (AvgIpc) is 3.14. The number of aromatic hydroxyl groups is 2. The topological polar surface area (TPSA) is 144 Å². The van der Waals surface area contributed by atoms with Crippen LogP contribution in [-0.4, -0.2) is 82.7 Å². The molecule has 1 saturated heterocycles. The summed E-state index contributed by atoms with van der Waals surface area (Å²) in [5, 5.41) is 21.8. The molecule has 0 bridgehead atoms. The molecule has 260 valence electrons. The van der Waals surface area contributed by atoms with Gasteiger partial charge in [0.15, 0.2) is 11.6 Å². The lowest BCUT2D eigenvalue weighted by Gasteiger charge is -2.35. The van der Waals surface area contributed by atoms with Gasteiger partial charge in [0.05, 0.1) is 22.3 Å². The Balaban J connectivity index is 1.33. The smallest absolute Gasteiger partial charge is 0.254 e. The SMILES string of the molecule is CCc1cc(C(=O)c2ccccc2C(=O)N2CCN(C(=O)c3ccccc3C(=O)c3ccc(N(CC)CC)cc3O)CC2)c(O)c(CC)c1N. The molecule has 10 nitrogen and oxygen atoms in total. The Labute approximate surface area is 292 Å². The summed E-state index contributed by atoms with van der Waals surface area (Å²) in [6.45, 7) is 10.1. The van der Waals surface area contributed by atoms with Crippen molar-refractivity contribution in [3.63, 3.8) is 0 Å². The van der Waals surface area contributed by atoms with Crippen molar-refractivity contribution in [2.24, 2.45) is 0 Å². The van der Waals surface area contributed by atoms with Crippen LogP contribution in [-0.2, 0) is 12.8 Å². The van der Waals surface area contributed by atoms with Crippen LogP contribution in [0.5, 0.6) is 11.5 Å². The number of hydrogen-bond donors (Lipinski definition) is 3. The highest BCUT2D eigenvalue weighted by atomic mass is 16.3. The second-order valence-corrected chi connectivity index (χ2v) is 12.2. The van der Waals surface area contributed by atoms with Crippen LogP contribution in [0.2, 0.25) is 0 Å². The minimum Gasteiger partial charge on any atom is -0.507 e. The summed E-state index contributed by atoms with van der Waals surface area (Å²) in [7, 11) is 0. The first-order valence-electron chi connectivity index (χ1n) is 17.1. The second-order valence-electron chi connectivity index (χ2n) is 12.2. The number of carbonyl (C=O) groups is 4. The van der Waals surface area contributed by atoms with Crippen LogP contribution >= 0.6 is 0 Å². The molecule has 1 fully saturated rings. The van der Waals surface area contributed by atoms with Crippen LogP contribution in [0.15, 0.2) is 72.8 Å². The lowest BCUT2D eigenvalue weighted by atomic mass is 9.91. The van der Waals surface area contributed by atoms with Gasteiger partial charge in [-0.15, -0.1) is 0 Å². The first kappa shape index (κ1) is 35.7. The standard InChI is InChI=1S/C40H44N4O6/c1-5-25-23-33(36(46)27(6-2)35(25)41)38(48)29-14-10-12-16-31(29)40(50)44-21-19-43(20-22-44)39(49)30-15-11-9-13-28(30)37(47)32-18-17-26(24-34(32)45)42(7-3)8-4/h9-18,23-24,45-46H,5-8,19-22,41H2,1-4H3. The molecule has 0 atom stereocenters. The number of anilines is 2. The van der Waals surface area contributed by atoms with E-state index >= 15 is 0 Å². The van der Waals surface area contributed by atoms with E-state index < -0.39 is 11.6 Å². The molecule has 4 aromatic rings. The number of hydrogen-bond acceptors (Lipinski definition) is 8. The van der Waals surface area contributed by atoms with E-state index in [1.165, 1.54) is 0 Å². The van der Waals surface area contributed by atoms with E-state index in [-0.39, 0.29) is 82.9 Å². The van der Waals surface area contributed by atoms with Crippen molar-refractivity contribution in [1.82, 2.24) is 9.80 Å². The Bertz CT molecular complexity index is 1940. The zero-order valence-electron chi connectivity index (χ0n) is 29.0. The number of nitrogen functional groups attached to an aromatic ring is 1. The maximum absolute atomic E-state index is 13.8. The van der Waals surface area contributed by atoms with Gasteiger partial charge < -0.3 is 30.6 Å². The molecule has 1 aliphatic rings. The monoisotopic (exact) mass is 676 g/mol. The number of nitrogens with two attached hydrogens (primary N) is 1. The number of benzene rings is 4. The normalized spacial score (nSPS) is 12.9. The number of ketones is 2.